The summed E-state index contributed by atoms with van der Waals surface area (Å²) < 4.78 is 2.56. The van der Waals surface area contributed by atoms with Gasteiger partial charge in [-0.05, 0) is 212 Å². The summed E-state index contributed by atoms with van der Waals surface area (Å²) in [6.45, 7) is 11.7. The number of allylic oxidation sites excluding steroid dienone is 16. The summed E-state index contributed by atoms with van der Waals surface area (Å²) in [7, 11) is 0. The maximum atomic E-state index is 2.65. The molecule has 0 aliphatic heterocycles. The van der Waals surface area contributed by atoms with Gasteiger partial charge in [0.15, 0.2) is 0 Å². The van der Waals surface area contributed by atoms with Gasteiger partial charge in [0.25, 0.3) is 0 Å². The van der Waals surface area contributed by atoms with Crippen LogP contribution in [0.4, 0.5) is 0 Å². The van der Waals surface area contributed by atoms with Crippen molar-refractivity contribution in [3.63, 3.8) is 0 Å². The number of hydrogen-bond acceptors (Lipinski definition) is 0. The fourth-order valence-electron chi connectivity index (χ4n) is 16.6. The lowest BCUT2D eigenvalue weighted by Gasteiger charge is -2.41. The lowest BCUT2D eigenvalue weighted by atomic mass is 9.62. The minimum absolute atomic E-state index is 0.0993. The van der Waals surface area contributed by atoms with E-state index in [2.05, 4.69) is 233 Å². The normalized spacial score (nSPS) is 21.1. The van der Waals surface area contributed by atoms with Crippen LogP contribution in [0.1, 0.15) is 83.7 Å². The zero-order chi connectivity index (χ0) is 50.9. The molecule has 1 heteroatoms. The van der Waals surface area contributed by atoms with E-state index in [9.17, 15) is 0 Å². The van der Waals surface area contributed by atoms with Crippen LogP contribution in [0.15, 0.2) is 200 Å². The van der Waals surface area contributed by atoms with Crippen molar-refractivity contribution in [3.05, 3.63) is 260 Å². The quantitative estimate of drug-likeness (QED) is 0.166. The number of para-hydroxylation sites is 2. The van der Waals surface area contributed by atoms with Crippen LogP contribution in [0.5, 0.6) is 0 Å². The van der Waals surface area contributed by atoms with E-state index < -0.39 is 0 Å². The van der Waals surface area contributed by atoms with Gasteiger partial charge in [0.1, 0.15) is 0 Å². The molecule has 9 aliphatic carbocycles. The lowest BCUT2D eigenvalue weighted by Crippen LogP contribution is -2.41. The molecule has 0 amide bonds. The second-order valence-electron chi connectivity index (χ2n) is 24.5. The molecule has 1 aromatic heterocycles. The molecular weight excluding hydrogens is 927 g/mol. The molecule has 0 saturated heterocycles. The maximum absolute atomic E-state index is 2.65. The second kappa shape index (κ2) is 14.7. The molecule has 0 spiro atoms. The van der Waals surface area contributed by atoms with Gasteiger partial charge >= 0.3 is 0 Å². The van der Waals surface area contributed by atoms with Gasteiger partial charge < -0.3 is 4.57 Å². The second-order valence-corrected chi connectivity index (χ2v) is 24.5. The molecule has 0 N–H and O–H groups in total. The molecule has 9 aliphatic rings. The lowest BCUT2D eigenvalue weighted by molar-refractivity contribution is 0.590. The third kappa shape index (κ3) is 5.31. The van der Waals surface area contributed by atoms with Crippen molar-refractivity contribution in [3.8, 4) is 33.4 Å². The fraction of sp³-hybridized carbons (Fsp3) is 0.158. The Labute approximate surface area is 449 Å². The van der Waals surface area contributed by atoms with E-state index in [0.717, 1.165) is 12.8 Å². The topological polar surface area (TPSA) is 4.93 Å². The van der Waals surface area contributed by atoms with Gasteiger partial charge in [-0.3, -0.25) is 0 Å². The Morgan fingerprint density at radius 1 is 0.390 bits per heavy atom. The number of hydrogen-bond donors (Lipinski definition) is 0. The van der Waals surface area contributed by atoms with E-state index in [4.69, 9.17) is 0 Å². The van der Waals surface area contributed by atoms with Crippen LogP contribution >= 0.6 is 0 Å². The minimum atomic E-state index is 0.0993. The highest BCUT2D eigenvalue weighted by Gasteiger charge is 2.50. The van der Waals surface area contributed by atoms with Gasteiger partial charge in [0.05, 0.1) is 11.0 Å². The van der Waals surface area contributed by atoms with Crippen LogP contribution in [0, 0.1) is 37.5 Å². The summed E-state index contributed by atoms with van der Waals surface area (Å²) in [5.74, 6) is 0.876. The first-order chi connectivity index (χ1) is 37.7. The van der Waals surface area contributed by atoms with Gasteiger partial charge in [-0.2, -0.15) is 0 Å². The van der Waals surface area contributed by atoms with Gasteiger partial charge in [-0.25, -0.2) is 0 Å². The van der Waals surface area contributed by atoms with Crippen molar-refractivity contribution >= 4 is 77.3 Å². The molecule has 8 aromatic carbocycles. The Bertz CT molecular complexity index is 4740. The molecule has 0 radical (unpaired) electrons. The molecule has 4 atom stereocenters. The Hall–Kier alpha value is -8.52. The number of rotatable bonds is 3. The van der Waals surface area contributed by atoms with Gasteiger partial charge in [-0.1, -0.05) is 185 Å². The summed E-state index contributed by atoms with van der Waals surface area (Å²) in [6.07, 6.45) is 24.7. The van der Waals surface area contributed by atoms with Crippen LogP contribution in [0.3, 0.4) is 0 Å². The SMILES string of the molecule is Cc1ccccc1-c1c2c(c(-c3ccccc3C)c3cc4c(cc13)C1=CC=CC3C(n5c6ccccc6c6ccccc65)=CC=C4C13)C1=CC=C3c4ccc5c6c4=C(CCC=6c4cc(C(C)(C)C)ccc4-5)C4=CC=C2C1C43. The molecule has 18 rings (SSSR count). The van der Waals surface area contributed by atoms with Crippen LogP contribution in [-0.4, -0.2) is 4.57 Å². The standard InChI is InChI=1S/C76H55N/c1-40-15-6-8-17-43(40)68-62-38-60-48-21-14-22-56-66(77-64-23-12-10-19-46(64)47-20-11-13-24-65(47)77)36-35-54(67(48)56)61(60)39-63(62)69(44-18-9-7-16-41(44)2)75-58-33-31-52-50-28-27-49-45-26-25-42(76(3,4)5)37-59(45)55-30-29-51(71(50)70(49)55)53-32-34-57(74(68)75)73(58)72(52)53/h6-28,31-39,56,67,72-73H,29-30H2,1-5H3. The van der Waals surface area contributed by atoms with E-state index in [1.807, 2.05) is 0 Å². The highest BCUT2D eigenvalue weighted by Crippen LogP contribution is 2.66. The van der Waals surface area contributed by atoms with E-state index in [1.54, 1.807) is 16.7 Å². The zero-order valence-electron chi connectivity index (χ0n) is 44.1. The van der Waals surface area contributed by atoms with Crippen molar-refractivity contribution in [2.45, 2.75) is 52.9 Å². The predicted molar refractivity (Wildman–Crippen MR) is 324 cm³/mol. The van der Waals surface area contributed by atoms with Crippen molar-refractivity contribution in [1.82, 2.24) is 4.57 Å². The minimum Gasteiger partial charge on any atom is -0.312 e. The average Bonchev–Trinajstić information content (AvgIpc) is 4.19. The molecule has 1 nitrogen and oxygen atoms in total. The molecular formula is C76H55N. The Kier molecular flexibility index (Phi) is 8.14. The summed E-state index contributed by atoms with van der Waals surface area (Å²) in [6, 6.07) is 54.0. The monoisotopic (exact) mass is 981 g/mol. The number of benzene rings is 8. The van der Waals surface area contributed by atoms with Crippen molar-refractivity contribution < 1.29 is 0 Å². The van der Waals surface area contributed by atoms with Crippen LogP contribution in [-0.2, 0) is 5.41 Å². The molecule has 4 unspecified atom stereocenters. The summed E-state index contributed by atoms with van der Waals surface area (Å²) in [4.78, 5) is 0. The van der Waals surface area contributed by atoms with Crippen LogP contribution in [0.25, 0.3) is 111 Å². The number of aryl methyl sites for hydroxylation is 2. The van der Waals surface area contributed by atoms with Gasteiger partial charge in [0, 0.05) is 40.1 Å². The first-order valence-electron chi connectivity index (χ1n) is 28.2. The highest BCUT2D eigenvalue weighted by atomic mass is 15.0. The van der Waals surface area contributed by atoms with Crippen molar-refractivity contribution in [2.75, 3.05) is 0 Å². The molecule has 1 heterocycles. The van der Waals surface area contributed by atoms with Crippen molar-refractivity contribution in [1.29, 1.82) is 0 Å². The predicted octanol–water partition coefficient (Wildman–Crippen LogP) is 17.5. The molecule has 0 saturated carbocycles. The largest absolute Gasteiger partial charge is 0.312 e. The zero-order valence-corrected chi connectivity index (χ0v) is 44.1. The molecule has 0 bridgehead atoms. The number of aromatic nitrogens is 1. The smallest absolute Gasteiger partial charge is 0.0538 e. The Morgan fingerprint density at radius 3 is 1.57 bits per heavy atom. The first kappa shape index (κ1) is 42.7. The van der Waals surface area contributed by atoms with Crippen molar-refractivity contribution in [2.24, 2.45) is 23.7 Å². The molecule has 364 valence electrons. The van der Waals surface area contributed by atoms with E-state index in [-0.39, 0.29) is 29.1 Å². The third-order valence-corrected chi connectivity index (χ3v) is 19.9. The van der Waals surface area contributed by atoms with E-state index in [0.29, 0.717) is 0 Å². The first-order valence-corrected chi connectivity index (χ1v) is 28.2. The van der Waals surface area contributed by atoms with E-state index >= 15 is 0 Å². The number of fused-ring (bicyclic) bond motifs is 15. The number of nitrogens with zero attached hydrogens (tertiary/aromatic N) is 1. The van der Waals surface area contributed by atoms with E-state index in [1.165, 1.54) is 160 Å². The van der Waals surface area contributed by atoms with Crippen LogP contribution in [0.2, 0.25) is 0 Å². The third-order valence-electron chi connectivity index (χ3n) is 19.9. The average molecular weight is 982 g/mol. The highest BCUT2D eigenvalue weighted by molar-refractivity contribution is 6.22. The molecule has 77 heavy (non-hydrogen) atoms. The molecule has 0 fully saturated rings. The summed E-state index contributed by atoms with van der Waals surface area (Å²) in [5, 5.41) is 8.33. The van der Waals surface area contributed by atoms with Gasteiger partial charge in [-0.15, -0.1) is 0 Å². The Balaban J connectivity index is 0.906. The summed E-state index contributed by atoms with van der Waals surface area (Å²) in [5.41, 5.74) is 36.8. The van der Waals surface area contributed by atoms with Crippen LogP contribution < -0.4 is 10.4 Å². The molecule has 9 aromatic rings. The summed E-state index contributed by atoms with van der Waals surface area (Å²) >= 11 is 0. The van der Waals surface area contributed by atoms with Gasteiger partial charge in [0.2, 0.25) is 0 Å². The Morgan fingerprint density at radius 2 is 0.909 bits per heavy atom. The fourth-order valence-corrected chi connectivity index (χ4v) is 16.6. The maximum Gasteiger partial charge on any atom is 0.0538 e.